The second-order valence-electron chi connectivity index (χ2n) is 11.8. The number of hydrogen-bond acceptors (Lipinski definition) is 4. The Kier molecular flexibility index (Phi) is 6.82. The number of para-hydroxylation sites is 4. The quantitative estimate of drug-likeness (QED) is 0.197. The van der Waals surface area contributed by atoms with Gasteiger partial charge in [0.1, 0.15) is 12.1 Å². The van der Waals surface area contributed by atoms with Crippen molar-refractivity contribution in [2.24, 2.45) is 0 Å². The molecule has 3 atom stereocenters. The molecule has 8 rings (SSSR count). The highest BCUT2D eigenvalue weighted by molar-refractivity contribution is 5.88. The van der Waals surface area contributed by atoms with E-state index in [9.17, 15) is 10.5 Å². The van der Waals surface area contributed by atoms with Crippen molar-refractivity contribution in [1.29, 1.82) is 10.5 Å². The van der Waals surface area contributed by atoms with Crippen molar-refractivity contribution in [3.8, 4) is 12.1 Å². The summed E-state index contributed by atoms with van der Waals surface area (Å²) in [6, 6.07) is 45.9. The minimum absolute atomic E-state index is 0.00185. The summed E-state index contributed by atoms with van der Waals surface area (Å²) in [6.45, 7) is 0. The van der Waals surface area contributed by atoms with Gasteiger partial charge in [-0.1, -0.05) is 103 Å². The van der Waals surface area contributed by atoms with Crippen molar-refractivity contribution in [3.05, 3.63) is 179 Å². The maximum atomic E-state index is 10.1. The molecular weight excluding hydrogens is 560 g/mol. The maximum Gasteiger partial charge on any atom is 0.101 e. The predicted octanol–water partition coefficient (Wildman–Crippen LogP) is 9.98. The van der Waals surface area contributed by atoms with E-state index in [-0.39, 0.29) is 18.0 Å². The van der Waals surface area contributed by atoms with Gasteiger partial charge >= 0.3 is 0 Å². The van der Waals surface area contributed by atoms with Crippen molar-refractivity contribution < 1.29 is 0 Å². The van der Waals surface area contributed by atoms with Crippen LogP contribution in [-0.4, -0.2) is 6.04 Å². The van der Waals surface area contributed by atoms with Crippen LogP contribution in [0.3, 0.4) is 0 Å². The third-order valence-corrected chi connectivity index (χ3v) is 9.42. The number of anilines is 4. The first-order valence-electron chi connectivity index (χ1n) is 15.7. The summed E-state index contributed by atoms with van der Waals surface area (Å²) in [5.41, 5.74) is 11.6. The molecule has 0 aromatic heterocycles. The van der Waals surface area contributed by atoms with Gasteiger partial charge in [0.15, 0.2) is 0 Å². The Balaban J connectivity index is 1.30. The molecule has 0 aliphatic heterocycles. The van der Waals surface area contributed by atoms with Gasteiger partial charge in [-0.3, -0.25) is 0 Å². The molecule has 0 N–H and O–H groups in total. The molecule has 3 aliphatic rings. The minimum atomic E-state index is -0.0429. The lowest BCUT2D eigenvalue weighted by atomic mass is 9.70. The number of hydrogen-bond donors (Lipinski definition) is 0. The number of benzene rings is 5. The van der Waals surface area contributed by atoms with Crippen molar-refractivity contribution in [3.63, 3.8) is 0 Å². The highest BCUT2D eigenvalue weighted by atomic mass is 15.2. The summed E-state index contributed by atoms with van der Waals surface area (Å²) in [5.74, 6) is 0.0642. The molecule has 0 saturated carbocycles. The zero-order valence-corrected chi connectivity index (χ0v) is 25.2. The molecule has 0 saturated heterocycles. The minimum Gasteiger partial charge on any atom is -0.332 e. The van der Waals surface area contributed by atoms with Crippen LogP contribution in [0.4, 0.5) is 22.7 Å². The Hall–Kier alpha value is -6.10. The lowest BCUT2D eigenvalue weighted by Crippen LogP contribution is -2.38. The summed E-state index contributed by atoms with van der Waals surface area (Å²) >= 11 is 0. The van der Waals surface area contributed by atoms with Crippen LogP contribution in [0.25, 0.3) is 11.6 Å². The number of allylic oxidation sites excluding steroid dienone is 2. The molecule has 5 aromatic carbocycles. The molecule has 0 radical (unpaired) electrons. The van der Waals surface area contributed by atoms with Crippen LogP contribution in [0.15, 0.2) is 146 Å². The Morgan fingerprint density at radius 3 is 1.83 bits per heavy atom. The van der Waals surface area contributed by atoms with E-state index in [1.807, 2.05) is 54.6 Å². The molecule has 0 fully saturated rings. The van der Waals surface area contributed by atoms with Gasteiger partial charge in [-0.15, -0.1) is 0 Å². The topological polar surface area (TPSA) is 54.1 Å². The van der Waals surface area contributed by atoms with E-state index in [0.29, 0.717) is 11.1 Å². The first-order valence-corrected chi connectivity index (χ1v) is 15.7. The summed E-state index contributed by atoms with van der Waals surface area (Å²) < 4.78 is 0. The molecule has 0 bridgehead atoms. The van der Waals surface area contributed by atoms with Crippen LogP contribution >= 0.6 is 0 Å². The highest BCUT2D eigenvalue weighted by Crippen LogP contribution is 2.52. The Morgan fingerprint density at radius 2 is 1.17 bits per heavy atom. The van der Waals surface area contributed by atoms with Crippen molar-refractivity contribution in [2.45, 2.75) is 24.4 Å². The summed E-state index contributed by atoms with van der Waals surface area (Å²) in [5, 5.41) is 20.3. The van der Waals surface area contributed by atoms with E-state index in [1.165, 1.54) is 27.8 Å². The zero-order valence-electron chi connectivity index (χ0n) is 25.2. The zero-order chi connectivity index (χ0) is 31.0. The van der Waals surface area contributed by atoms with Crippen LogP contribution < -0.4 is 9.80 Å². The molecule has 0 heterocycles. The molecule has 0 spiro atoms. The van der Waals surface area contributed by atoms with Gasteiger partial charge in [0.2, 0.25) is 0 Å². The second kappa shape index (κ2) is 11.4. The van der Waals surface area contributed by atoms with E-state index in [2.05, 4.69) is 119 Å². The Bertz CT molecular complexity index is 2130. The van der Waals surface area contributed by atoms with Crippen LogP contribution in [0.1, 0.15) is 51.8 Å². The van der Waals surface area contributed by atoms with Gasteiger partial charge in [0.25, 0.3) is 0 Å². The maximum absolute atomic E-state index is 10.1. The number of rotatable bonds is 6. The Labute approximate surface area is 269 Å². The highest BCUT2D eigenvalue weighted by Gasteiger charge is 2.39. The van der Waals surface area contributed by atoms with Gasteiger partial charge in [0.05, 0.1) is 34.6 Å². The van der Waals surface area contributed by atoms with E-state index in [0.717, 1.165) is 29.2 Å². The largest absolute Gasteiger partial charge is 0.332 e. The molecule has 5 aromatic rings. The second-order valence-corrected chi connectivity index (χ2v) is 11.8. The summed E-state index contributed by atoms with van der Waals surface area (Å²) in [7, 11) is 0. The van der Waals surface area contributed by atoms with Crippen LogP contribution in [0.2, 0.25) is 0 Å². The SMILES string of the molecule is N#Cc1ccccc1N(c1ccccc1)C1CC=C2C=CC3c4c(ccc1c42)C=CC3N(c1ccccc1)c1ccccc1C#N. The fraction of sp³-hybridized carbons (Fsp3) is 0.0952. The normalized spacial score (nSPS) is 18.5. The smallest absolute Gasteiger partial charge is 0.101 e. The average Bonchev–Trinajstić information content (AvgIpc) is 3.13. The first-order chi connectivity index (χ1) is 22.8. The van der Waals surface area contributed by atoms with Gasteiger partial charge < -0.3 is 9.80 Å². The van der Waals surface area contributed by atoms with E-state index in [4.69, 9.17) is 0 Å². The van der Waals surface area contributed by atoms with Gasteiger partial charge in [0, 0.05) is 17.3 Å². The number of nitriles is 2. The molecule has 4 nitrogen and oxygen atoms in total. The molecule has 0 amide bonds. The molecule has 3 aliphatic carbocycles. The first kappa shape index (κ1) is 27.4. The van der Waals surface area contributed by atoms with E-state index < -0.39 is 0 Å². The third kappa shape index (κ3) is 4.43. The third-order valence-electron chi connectivity index (χ3n) is 9.42. The van der Waals surface area contributed by atoms with Crippen LogP contribution in [0, 0.1) is 22.7 Å². The summed E-state index contributed by atoms with van der Waals surface area (Å²) in [4.78, 5) is 4.66. The summed E-state index contributed by atoms with van der Waals surface area (Å²) in [6.07, 6.45) is 12.4. The van der Waals surface area contributed by atoms with Crippen LogP contribution in [0.5, 0.6) is 0 Å². The number of nitrogens with zero attached hydrogens (tertiary/aromatic N) is 4. The molecule has 4 heteroatoms. The lowest BCUT2D eigenvalue weighted by Gasteiger charge is -2.44. The lowest BCUT2D eigenvalue weighted by molar-refractivity contribution is 0.664. The fourth-order valence-corrected chi connectivity index (χ4v) is 7.47. The van der Waals surface area contributed by atoms with Crippen molar-refractivity contribution in [2.75, 3.05) is 9.80 Å². The Morgan fingerprint density at radius 1 is 0.587 bits per heavy atom. The predicted molar refractivity (Wildman–Crippen MR) is 186 cm³/mol. The van der Waals surface area contributed by atoms with E-state index >= 15 is 0 Å². The van der Waals surface area contributed by atoms with Gasteiger partial charge in [-0.25, -0.2) is 0 Å². The molecule has 46 heavy (non-hydrogen) atoms. The molecular formula is C42H30N4. The van der Waals surface area contributed by atoms with E-state index in [1.54, 1.807) is 0 Å². The molecule has 218 valence electrons. The fourth-order valence-electron chi connectivity index (χ4n) is 7.47. The van der Waals surface area contributed by atoms with Gasteiger partial charge in [-0.05, 0) is 82.8 Å². The van der Waals surface area contributed by atoms with Crippen molar-refractivity contribution >= 4 is 34.4 Å². The van der Waals surface area contributed by atoms with Crippen LogP contribution in [-0.2, 0) is 0 Å². The van der Waals surface area contributed by atoms with Crippen molar-refractivity contribution in [1.82, 2.24) is 0 Å². The standard InChI is InChI=1S/C42H30N4/c43-27-31-11-7-9-17-37(31)45(33-13-3-1-4-14-33)39-25-21-29-20-24-36-40(26-22-30-19-23-35(39)41(29)42(30)36)46(34-15-5-2-6-16-34)38-18-10-8-12-32(38)28-44/h1-25,35,39-40H,26H2. The molecule has 3 unspecified atom stereocenters. The monoisotopic (exact) mass is 590 g/mol. The van der Waals surface area contributed by atoms with Gasteiger partial charge in [-0.2, -0.15) is 10.5 Å². The average molecular weight is 591 g/mol.